The minimum atomic E-state index is -4.90. The van der Waals surface area contributed by atoms with E-state index in [9.17, 15) is 27.9 Å². The molecule has 3 N–H and O–H groups in total. The molecule has 1 aromatic carbocycles. The van der Waals surface area contributed by atoms with Crippen LogP contribution in [0.1, 0.15) is 23.7 Å². The Morgan fingerprint density at radius 3 is 2.14 bits per heavy atom. The maximum absolute atomic E-state index is 12.4. The molecule has 8 heteroatoms. The number of hydrogen-bond acceptors (Lipinski definition) is 3. The molecule has 0 unspecified atom stereocenters. The molecule has 21 heavy (non-hydrogen) atoms. The Morgan fingerprint density at radius 1 is 1.19 bits per heavy atom. The molecule has 0 radical (unpaired) electrons. The molecule has 0 spiro atoms. The van der Waals surface area contributed by atoms with Crippen molar-refractivity contribution in [1.29, 1.82) is 0 Å². The summed E-state index contributed by atoms with van der Waals surface area (Å²) in [6.07, 6.45) is -6.01. The number of aliphatic hydroxyl groups is 1. The monoisotopic (exact) mass is 304 g/mol. The van der Waals surface area contributed by atoms with E-state index < -0.39 is 24.1 Å². The maximum atomic E-state index is 12.4. The van der Waals surface area contributed by atoms with E-state index in [1.54, 1.807) is 0 Å². The summed E-state index contributed by atoms with van der Waals surface area (Å²) in [4.78, 5) is 22.8. The van der Waals surface area contributed by atoms with Crippen molar-refractivity contribution in [3.8, 4) is 0 Å². The Kier molecular flexibility index (Phi) is 4.95. The van der Waals surface area contributed by atoms with Crippen LogP contribution in [0.25, 0.3) is 0 Å². The number of hydrogen-bond donors (Lipinski definition) is 3. The van der Waals surface area contributed by atoms with E-state index in [4.69, 9.17) is 0 Å². The lowest BCUT2D eigenvalue weighted by molar-refractivity contribution is -0.252. The molecule has 2 amide bonds. The number of rotatable bonds is 4. The zero-order valence-corrected chi connectivity index (χ0v) is 11.4. The number of carbonyl (C=O) groups is 2. The predicted molar refractivity (Wildman–Crippen MR) is 69.8 cm³/mol. The Hall–Kier alpha value is -2.09. The quantitative estimate of drug-likeness (QED) is 0.792. The van der Waals surface area contributed by atoms with Crippen LogP contribution >= 0.6 is 0 Å². The molecular weight excluding hydrogens is 289 g/mol. The average Bonchev–Trinajstić information content (AvgIpc) is 2.36. The van der Waals surface area contributed by atoms with Gasteiger partial charge in [-0.3, -0.25) is 9.59 Å². The standard InChI is InChI=1S/C13H15F3N2O3/c1-12(21,13(14,15)16)7-10(19)18-9-5-3-8(4-6-9)11(20)17-2/h3-6,21H,7H2,1-2H3,(H,17,20)(H,18,19)/t12-/m0/s1. The normalized spacial score (nSPS) is 14.2. The molecule has 116 valence electrons. The lowest BCUT2D eigenvalue weighted by atomic mass is 10.0. The molecule has 0 aliphatic heterocycles. The summed E-state index contributed by atoms with van der Waals surface area (Å²) in [5.74, 6) is -1.31. The van der Waals surface area contributed by atoms with Crippen LogP contribution in [-0.4, -0.2) is 35.7 Å². The van der Waals surface area contributed by atoms with Gasteiger partial charge in [-0.1, -0.05) is 0 Å². The molecule has 0 aliphatic rings. The van der Waals surface area contributed by atoms with E-state index >= 15 is 0 Å². The van der Waals surface area contributed by atoms with E-state index in [0.717, 1.165) is 0 Å². The number of benzene rings is 1. The zero-order valence-electron chi connectivity index (χ0n) is 11.4. The van der Waals surface area contributed by atoms with Crippen LogP contribution in [0.5, 0.6) is 0 Å². The van der Waals surface area contributed by atoms with Crippen LogP contribution < -0.4 is 10.6 Å². The van der Waals surface area contributed by atoms with Crippen molar-refractivity contribution in [1.82, 2.24) is 5.32 Å². The van der Waals surface area contributed by atoms with E-state index in [1.165, 1.54) is 31.3 Å². The van der Waals surface area contributed by atoms with Crippen molar-refractivity contribution in [3.63, 3.8) is 0 Å². The third-order valence-electron chi connectivity index (χ3n) is 2.77. The highest BCUT2D eigenvalue weighted by Gasteiger charge is 2.50. The first-order chi connectivity index (χ1) is 9.56. The summed E-state index contributed by atoms with van der Waals surface area (Å²) in [6.45, 7) is 0.529. The predicted octanol–water partition coefficient (Wildman–Crippen LogP) is 1.69. The molecule has 0 bridgehead atoms. The van der Waals surface area contributed by atoms with Crippen molar-refractivity contribution >= 4 is 17.5 Å². The molecule has 1 aromatic rings. The van der Waals surface area contributed by atoms with E-state index in [-0.39, 0.29) is 11.6 Å². The van der Waals surface area contributed by atoms with Gasteiger partial charge in [0.2, 0.25) is 5.91 Å². The second kappa shape index (κ2) is 6.13. The largest absolute Gasteiger partial charge is 0.417 e. The van der Waals surface area contributed by atoms with Gasteiger partial charge in [0.25, 0.3) is 5.91 Å². The van der Waals surface area contributed by atoms with Gasteiger partial charge in [0.1, 0.15) is 0 Å². The fourth-order valence-corrected chi connectivity index (χ4v) is 1.47. The lowest BCUT2D eigenvalue weighted by Crippen LogP contribution is -2.44. The molecular formula is C13H15F3N2O3. The Balaban J connectivity index is 2.70. The molecule has 0 aliphatic carbocycles. The fraction of sp³-hybridized carbons (Fsp3) is 0.385. The first kappa shape index (κ1) is 17.0. The van der Waals surface area contributed by atoms with Gasteiger partial charge >= 0.3 is 6.18 Å². The van der Waals surface area contributed by atoms with Crippen molar-refractivity contribution in [2.24, 2.45) is 0 Å². The Bertz CT molecular complexity index is 524. The summed E-state index contributed by atoms with van der Waals surface area (Å²) in [6, 6.07) is 5.59. The summed E-state index contributed by atoms with van der Waals surface area (Å²) >= 11 is 0. The van der Waals surface area contributed by atoms with Crippen molar-refractivity contribution in [2.45, 2.75) is 25.1 Å². The van der Waals surface area contributed by atoms with Gasteiger partial charge in [-0.2, -0.15) is 13.2 Å². The van der Waals surface area contributed by atoms with Crippen LogP contribution in [0.15, 0.2) is 24.3 Å². The van der Waals surface area contributed by atoms with E-state index in [1.807, 2.05) is 0 Å². The van der Waals surface area contributed by atoms with Crippen LogP contribution in [0.4, 0.5) is 18.9 Å². The minimum Gasteiger partial charge on any atom is -0.380 e. The van der Waals surface area contributed by atoms with Gasteiger partial charge < -0.3 is 15.7 Å². The van der Waals surface area contributed by atoms with Gasteiger partial charge in [-0.05, 0) is 31.2 Å². The number of anilines is 1. The van der Waals surface area contributed by atoms with Gasteiger partial charge in [-0.25, -0.2) is 0 Å². The molecule has 1 atom stereocenters. The second-order valence-corrected chi connectivity index (χ2v) is 4.65. The maximum Gasteiger partial charge on any atom is 0.417 e. The lowest BCUT2D eigenvalue weighted by Gasteiger charge is -2.25. The number of amides is 2. The summed E-state index contributed by atoms with van der Waals surface area (Å²) in [7, 11) is 1.46. The van der Waals surface area contributed by atoms with Crippen molar-refractivity contribution < 1.29 is 27.9 Å². The van der Waals surface area contributed by atoms with Gasteiger partial charge in [0.05, 0.1) is 6.42 Å². The Morgan fingerprint density at radius 2 is 1.71 bits per heavy atom. The molecule has 1 rings (SSSR count). The molecule has 0 aromatic heterocycles. The van der Waals surface area contributed by atoms with Crippen LogP contribution in [0.2, 0.25) is 0 Å². The molecule has 0 saturated heterocycles. The highest BCUT2D eigenvalue weighted by atomic mass is 19.4. The molecule has 0 saturated carbocycles. The highest BCUT2D eigenvalue weighted by molar-refractivity contribution is 5.95. The first-order valence-corrected chi connectivity index (χ1v) is 5.98. The topological polar surface area (TPSA) is 78.4 Å². The fourth-order valence-electron chi connectivity index (χ4n) is 1.47. The average molecular weight is 304 g/mol. The van der Waals surface area contributed by atoms with Crippen molar-refractivity contribution in [2.75, 3.05) is 12.4 Å². The van der Waals surface area contributed by atoms with Crippen molar-refractivity contribution in [3.05, 3.63) is 29.8 Å². The summed E-state index contributed by atoms with van der Waals surface area (Å²) in [5, 5.41) is 13.8. The second-order valence-electron chi connectivity index (χ2n) is 4.65. The molecule has 0 heterocycles. The van der Waals surface area contributed by atoms with Crippen LogP contribution in [0.3, 0.4) is 0 Å². The number of halogens is 3. The molecule has 5 nitrogen and oxygen atoms in total. The van der Waals surface area contributed by atoms with Gasteiger partial charge in [-0.15, -0.1) is 0 Å². The first-order valence-electron chi connectivity index (χ1n) is 5.98. The highest BCUT2D eigenvalue weighted by Crippen LogP contribution is 2.32. The van der Waals surface area contributed by atoms with Gasteiger partial charge in [0, 0.05) is 18.3 Å². The van der Waals surface area contributed by atoms with Crippen LogP contribution in [0, 0.1) is 0 Å². The molecule has 0 fully saturated rings. The van der Waals surface area contributed by atoms with E-state index in [0.29, 0.717) is 12.5 Å². The summed E-state index contributed by atoms with van der Waals surface area (Å²) < 4.78 is 37.3. The number of nitrogens with one attached hydrogen (secondary N) is 2. The number of alkyl halides is 3. The third kappa shape index (κ3) is 4.45. The van der Waals surface area contributed by atoms with Crippen LogP contribution in [-0.2, 0) is 4.79 Å². The zero-order chi connectivity index (χ0) is 16.3. The summed E-state index contributed by atoms with van der Waals surface area (Å²) in [5.41, 5.74) is -2.53. The minimum absolute atomic E-state index is 0.227. The third-order valence-corrected chi connectivity index (χ3v) is 2.77. The van der Waals surface area contributed by atoms with E-state index in [2.05, 4.69) is 10.6 Å². The number of carbonyl (C=O) groups excluding carboxylic acids is 2. The smallest absolute Gasteiger partial charge is 0.380 e. The Labute approximate surface area is 119 Å². The van der Waals surface area contributed by atoms with Gasteiger partial charge in [0.15, 0.2) is 5.60 Å². The SMILES string of the molecule is CNC(=O)c1ccc(NC(=O)C[C@](C)(O)C(F)(F)F)cc1.